The fourth-order valence-corrected chi connectivity index (χ4v) is 2.26. The molecule has 0 bridgehead atoms. The Balaban J connectivity index is 2.13. The van der Waals surface area contributed by atoms with Gasteiger partial charge in [-0.2, -0.15) is 0 Å². The Kier molecular flexibility index (Phi) is 3.58. The molecule has 0 fully saturated rings. The van der Waals surface area contributed by atoms with Crippen LogP contribution < -0.4 is 5.73 Å². The first-order chi connectivity index (χ1) is 8.18. The molecular formula is C12H14N4S. The summed E-state index contributed by atoms with van der Waals surface area (Å²) >= 11 is 1.56. The number of hydrogen-bond donors (Lipinski definition) is 1. The summed E-state index contributed by atoms with van der Waals surface area (Å²) in [6.45, 7) is 3.96. The second kappa shape index (κ2) is 5.14. The Bertz CT molecular complexity index is 513. The molecular weight excluding hydrogens is 232 g/mol. The SMILES string of the molecule is Cc1cnc(CSc2ncccn2)c(C)c1N. The van der Waals surface area contributed by atoms with Crippen LogP contribution in [0.1, 0.15) is 16.8 Å². The van der Waals surface area contributed by atoms with Crippen molar-refractivity contribution in [2.45, 2.75) is 24.8 Å². The zero-order valence-corrected chi connectivity index (χ0v) is 10.7. The lowest BCUT2D eigenvalue weighted by atomic mass is 10.1. The van der Waals surface area contributed by atoms with E-state index in [0.29, 0.717) is 0 Å². The van der Waals surface area contributed by atoms with E-state index in [1.54, 1.807) is 30.2 Å². The van der Waals surface area contributed by atoms with E-state index in [4.69, 9.17) is 5.73 Å². The third kappa shape index (κ3) is 2.74. The van der Waals surface area contributed by atoms with Crippen LogP contribution in [0.3, 0.4) is 0 Å². The maximum Gasteiger partial charge on any atom is 0.187 e. The third-order valence-corrected chi connectivity index (χ3v) is 3.44. The van der Waals surface area contributed by atoms with Crippen LogP contribution >= 0.6 is 11.8 Å². The molecule has 0 spiro atoms. The first-order valence-electron chi connectivity index (χ1n) is 5.29. The Hall–Kier alpha value is -1.62. The lowest BCUT2D eigenvalue weighted by Gasteiger charge is -2.08. The number of pyridine rings is 1. The quantitative estimate of drug-likeness (QED) is 0.665. The minimum absolute atomic E-state index is 0.736. The number of hydrogen-bond acceptors (Lipinski definition) is 5. The smallest absolute Gasteiger partial charge is 0.187 e. The monoisotopic (exact) mass is 246 g/mol. The van der Waals surface area contributed by atoms with E-state index in [1.807, 2.05) is 20.0 Å². The van der Waals surface area contributed by atoms with Crippen molar-refractivity contribution in [2.75, 3.05) is 5.73 Å². The molecule has 5 heteroatoms. The van der Waals surface area contributed by atoms with Gasteiger partial charge < -0.3 is 5.73 Å². The molecule has 4 nitrogen and oxygen atoms in total. The van der Waals surface area contributed by atoms with E-state index in [-0.39, 0.29) is 0 Å². The molecule has 2 aromatic heterocycles. The predicted molar refractivity (Wildman–Crippen MR) is 69.7 cm³/mol. The van der Waals surface area contributed by atoms with Crippen molar-refractivity contribution in [1.29, 1.82) is 0 Å². The van der Waals surface area contributed by atoms with Gasteiger partial charge in [0.15, 0.2) is 5.16 Å². The second-order valence-corrected chi connectivity index (χ2v) is 4.69. The lowest BCUT2D eigenvalue weighted by molar-refractivity contribution is 0.963. The summed E-state index contributed by atoms with van der Waals surface area (Å²) in [5.74, 6) is 0.736. The Morgan fingerprint density at radius 1 is 1.18 bits per heavy atom. The van der Waals surface area contributed by atoms with Crippen LogP contribution in [0.25, 0.3) is 0 Å². The highest BCUT2D eigenvalue weighted by Gasteiger charge is 2.07. The molecule has 17 heavy (non-hydrogen) atoms. The average Bonchev–Trinajstić information content (AvgIpc) is 2.36. The normalized spacial score (nSPS) is 10.5. The zero-order valence-electron chi connectivity index (χ0n) is 9.84. The van der Waals surface area contributed by atoms with E-state index in [0.717, 1.165) is 33.4 Å². The summed E-state index contributed by atoms with van der Waals surface area (Å²) in [4.78, 5) is 12.7. The molecule has 0 unspecified atom stereocenters. The van der Waals surface area contributed by atoms with Gasteiger partial charge in [0.1, 0.15) is 0 Å². The van der Waals surface area contributed by atoms with Crippen LogP contribution in [0, 0.1) is 13.8 Å². The van der Waals surface area contributed by atoms with Crippen molar-refractivity contribution < 1.29 is 0 Å². The number of anilines is 1. The summed E-state index contributed by atoms with van der Waals surface area (Å²) in [7, 11) is 0. The maximum atomic E-state index is 5.97. The average molecular weight is 246 g/mol. The van der Waals surface area contributed by atoms with Crippen LogP contribution in [-0.2, 0) is 5.75 Å². The van der Waals surface area contributed by atoms with Gasteiger partial charge in [-0.15, -0.1) is 0 Å². The zero-order chi connectivity index (χ0) is 12.3. The second-order valence-electron chi connectivity index (χ2n) is 3.75. The van der Waals surface area contributed by atoms with E-state index >= 15 is 0 Å². The molecule has 0 aliphatic carbocycles. The highest BCUT2D eigenvalue weighted by Crippen LogP contribution is 2.23. The fraction of sp³-hybridized carbons (Fsp3) is 0.250. The fourth-order valence-electron chi connectivity index (χ4n) is 1.43. The standard InChI is InChI=1S/C12H14N4S/c1-8-6-16-10(9(2)11(8)13)7-17-12-14-4-3-5-15-12/h3-6H,7H2,1-2H3,(H2,13,16). The predicted octanol–water partition coefficient (Wildman–Crippen LogP) is 2.36. The van der Waals surface area contributed by atoms with Crippen molar-refractivity contribution in [2.24, 2.45) is 0 Å². The minimum atomic E-state index is 0.736. The molecule has 0 aliphatic rings. The van der Waals surface area contributed by atoms with Gasteiger partial charge in [0, 0.05) is 30.0 Å². The van der Waals surface area contributed by atoms with Gasteiger partial charge in [0.05, 0.1) is 5.69 Å². The molecule has 2 aromatic rings. The molecule has 0 aromatic carbocycles. The summed E-state index contributed by atoms with van der Waals surface area (Å²) in [6.07, 6.45) is 5.28. The van der Waals surface area contributed by atoms with Crippen LogP contribution in [0.15, 0.2) is 29.8 Å². The van der Waals surface area contributed by atoms with Crippen LogP contribution in [0.4, 0.5) is 5.69 Å². The first-order valence-corrected chi connectivity index (χ1v) is 6.27. The maximum absolute atomic E-state index is 5.97. The largest absolute Gasteiger partial charge is 0.398 e. The molecule has 0 saturated carbocycles. The number of thioether (sulfide) groups is 1. The van der Waals surface area contributed by atoms with Gasteiger partial charge in [0.2, 0.25) is 0 Å². The molecule has 88 valence electrons. The highest BCUT2D eigenvalue weighted by molar-refractivity contribution is 7.98. The van der Waals surface area contributed by atoms with Crippen LogP contribution in [-0.4, -0.2) is 15.0 Å². The van der Waals surface area contributed by atoms with Crippen molar-refractivity contribution >= 4 is 17.4 Å². The van der Waals surface area contributed by atoms with Gasteiger partial charge in [-0.1, -0.05) is 11.8 Å². The Labute approximate surface area is 105 Å². The molecule has 2 heterocycles. The topological polar surface area (TPSA) is 64.7 Å². The summed E-state index contributed by atoms with van der Waals surface area (Å²) in [5.41, 5.74) is 9.86. The van der Waals surface area contributed by atoms with Crippen molar-refractivity contribution in [1.82, 2.24) is 15.0 Å². The van der Waals surface area contributed by atoms with Gasteiger partial charge in [-0.05, 0) is 31.0 Å². The molecule has 0 radical (unpaired) electrons. The number of aromatic nitrogens is 3. The highest BCUT2D eigenvalue weighted by atomic mass is 32.2. The number of nitrogens with zero attached hydrogens (tertiary/aromatic N) is 3. The Morgan fingerprint density at radius 3 is 2.59 bits per heavy atom. The van der Waals surface area contributed by atoms with E-state index in [1.165, 1.54) is 0 Å². The minimum Gasteiger partial charge on any atom is -0.398 e. The van der Waals surface area contributed by atoms with E-state index in [9.17, 15) is 0 Å². The number of nitrogens with two attached hydrogens (primary N) is 1. The summed E-state index contributed by atoms with van der Waals surface area (Å²) < 4.78 is 0. The van der Waals surface area contributed by atoms with Crippen LogP contribution in [0.2, 0.25) is 0 Å². The van der Waals surface area contributed by atoms with E-state index in [2.05, 4.69) is 15.0 Å². The molecule has 0 atom stereocenters. The molecule has 0 saturated heterocycles. The van der Waals surface area contributed by atoms with Gasteiger partial charge in [-0.25, -0.2) is 9.97 Å². The number of aryl methyl sites for hydroxylation is 1. The van der Waals surface area contributed by atoms with Crippen molar-refractivity contribution in [3.63, 3.8) is 0 Å². The number of rotatable bonds is 3. The number of nitrogen functional groups attached to an aromatic ring is 1. The lowest BCUT2D eigenvalue weighted by Crippen LogP contribution is -2.00. The van der Waals surface area contributed by atoms with Gasteiger partial charge >= 0.3 is 0 Å². The Morgan fingerprint density at radius 2 is 1.88 bits per heavy atom. The van der Waals surface area contributed by atoms with Gasteiger partial charge in [0.25, 0.3) is 0 Å². The summed E-state index contributed by atoms with van der Waals surface area (Å²) in [5, 5.41) is 0.757. The molecule has 2 rings (SSSR count). The first kappa shape index (κ1) is 11.9. The molecule has 0 aliphatic heterocycles. The van der Waals surface area contributed by atoms with Crippen molar-refractivity contribution in [3.05, 3.63) is 41.5 Å². The van der Waals surface area contributed by atoms with E-state index < -0.39 is 0 Å². The van der Waals surface area contributed by atoms with Crippen molar-refractivity contribution in [3.8, 4) is 0 Å². The molecule has 2 N–H and O–H groups in total. The molecule has 0 amide bonds. The van der Waals surface area contributed by atoms with Gasteiger partial charge in [-0.3, -0.25) is 4.98 Å². The van der Waals surface area contributed by atoms with Crippen LogP contribution in [0.5, 0.6) is 0 Å². The third-order valence-electron chi connectivity index (χ3n) is 2.56. The summed E-state index contributed by atoms with van der Waals surface area (Å²) in [6, 6.07) is 1.80.